The van der Waals surface area contributed by atoms with Crippen molar-refractivity contribution in [3.05, 3.63) is 64.7 Å². The summed E-state index contributed by atoms with van der Waals surface area (Å²) in [6.45, 7) is 10.8. The monoisotopic (exact) mass is 467 g/mol. The quantitative estimate of drug-likeness (QED) is 0.311. The Kier molecular flexibility index (Phi) is 8.34. The fourth-order valence-electron chi connectivity index (χ4n) is 4.06. The number of ketones is 1. The molecule has 2 aromatic carbocycles. The number of carbonyl (C=O) groups is 2. The van der Waals surface area contributed by atoms with Crippen molar-refractivity contribution in [1.82, 2.24) is 4.90 Å². The summed E-state index contributed by atoms with van der Waals surface area (Å²) in [4.78, 5) is 27.8. The molecule has 1 aliphatic heterocycles. The van der Waals surface area contributed by atoms with E-state index in [1.165, 1.54) is 4.90 Å². The molecular weight excluding hydrogens is 434 g/mol. The van der Waals surface area contributed by atoms with Crippen molar-refractivity contribution < 1.29 is 28.9 Å². The second-order valence-corrected chi connectivity index (χ2v) is 8.35. The third kappa shape index (κ3) is 5.42. The number of hydrogen-bond acceptors (Lipinski definition) is 6. The number of benzene rings is 2. The second-order valence-electron chi connectivity index (χ2n) is 8.35. The van der Waals surface area contributed by atoms with Crippen LogP contribution in [0.3, 0.4) is 0 Å². The van der Waals surface area contributed by atoms with Crippen LogP contribution in [-0.2, 0) is 14.3 Å². The van der Waals surface area contributed by atoms with Crippen LogP contribution in [0, 0.1) is 6.92 Å². The molecule has 3 rings (SSSR count). The van der Waals surface area contributed by atoms with Crippen molar-refractivity contribution in [2.24, 2.45) is 0 Å². The minimum absolute atomic E-state index is 0.00755. The average molecular weight is 468 g/mol. The first-order valence-electron chi connectivity index (χ1n) is 11.6. The third-order valence-corrected chi connectivity index (χ3v) is 5.50. The van der Waals surface area contributed by atoms with Crippen LogP contribution in [0.2, 0.25) is 0 Å². The van der Waals surface area contributed by atoms with Gasteiger partial charge in [-0.25, -0.2) is 0 Å². The number of likely N-dealkylation sites (tertiary alicyclic amines) is 1. The molecule has 1 N–H and O–H groups in total. The normalized spacial score (nSPS) is 17.5. The number of ether oxygens (including phenoxy) is 3. The number of nitrogens with zero attached hydrogens (tertiary/aromatic N) is 1. The topological polar surface area (TPSA) is 85.3 Å². The highest BCUT2D eigenvalue weighted by molar-refractivity contribution is 6.46. The first kappa shape index (κ1) is 25.3. The zero-order chi connectivity index (χ0) is 24.8. The molecule has 0 radical (unpaired) electrons. The lowest BCUT2D eigenvalue weighted by Crippen LogP contribution is -2.33. The van der Waals surface area contributed by atoms with Crippen molar-refractivity contribution in [2.45, 2.75) is 46.8 Å². The predicted molar refractivity (Wildman–Crippen MR) is 130 cm³/mol. The van der Waals surface area contributed by atoms with E-state index < -0.39 is 17.7 Å². The van der Waals surface area contributed by atoms with Gasteiger partial charge in [0.1, 0.15) is 17.3 Å². The molecule has 182 valence electrons. The van der Waals surface area contributed by atoms with E-state index in [4.69, 9.17) is 14.2 Å². The number of aliphatic hydroxyl groups is 1. The van der Waals surface area contributed by atoms with Gasteiger partial charge in [0.05, 0.1) is 43.1 Å². The molecule has 7 nitrogen and oxygen atoms in total. The largest absolute Gasteiger partial charge is 0.507 e. The summed E-state index contributed by atoms with van der Waals surface area (Å²) in [5.74, 6) is -0.704. The molecule has 1 fully saturated rings. The molecule has 1 atom stereocenters. The summed E-state index contributed by atoms with van der Waals surface area (Å²) in [5.41, 5.74) is 2.09. The minimum atomic E-state index is -0.739. The van der Waals surface area contributed by atoms with Crippen LogP contribution in [0.25, 0.3) is 5.76 Å². The molecule has 0 spiro atoms. The molecule has 1 amide bonds. The Morgan fingerprint density at radius 2 is 1.79 bits per heavy atom. The highest BCUT2D eigenvalue weighted by Gasteiger charge is 2.46. The van der Waals surface area contributed by atoms with E-state index in [-0.39, 0.29) is 30.6 Å². The summed E-state index contributed by atoms with van der Waals surface area (Å²) in [6.07, 6.45) is -0.00755. The number of hydrogen-bond donors (Lipinski definition) is 1. The highest BCUT2D eigenvalue weighted by Crippen LogP contribution is 2.41. The Balaban J connectivity index is 2.14. The predicted octanol–water partition coefficient (Wildman–Crippen LogP) is 4.64. The van der Waals surface area contributed by atoms with Gasteiger partial charge in [0, 0.05) is 12.6 Å². The summed E-state index contributed by atoms with van der Waals surface area (Å²) in [5, 5.41) is 11.4. The second kappa shape index (κ2) is 11.2. The van der Waals surface area contributed by atoms with Gasteiger partial charge in [0.15, 0.2) is 0 Å². The van der Waals surface area contributed by atoms with Crippen LogP contribution in [0.4, 0.5) is 0 Å². The van der Waals surface area contributed by atoms with E-state index in [1.807, 2.05) is 58.9 Å². The van der Waals surface area contributed by atoms with Gasteiger partial charge in [-0.1, -0.05) is 29.8 Å². The van der Waals surface area contributed by atoms with Crippen LogP contribution in [0.15, 0.2) is 48.0 Å². The van der Waals surface area contributed by atoms with Gasteiger partial charge in [0.25, 0.3) is 11.7 Å². The summed E-state index contributed by atoms with van der Waals surface area (Å²) in [7, 11) is 0. The molecule has 0 aliphatic carbocycles. The molecule has 1 heterocycles. The Hall–Kier alpha value is -3.32. The van der Waals surface area contributed by atoms with E-state index in [9.17, 15) is 14.7 Å². The lowest BCUT2D eigenvalue weighted by atomic mass is 9.94. The molecule has 0 saturated carbocycles. The van der Waals surface area contributed by atoms with Gasteiger partial charge in [-0.05, 0) is 52.3 Å². The lowest BCUT2D eigenvalue weighted by Gasteiger charge is -2.26. The number of aryl methyl sites for hydroxylation is 1. The van der Waals surface area contributed by atoms with Crippen LogP contribution in [0.1, 0.15) is 50.4 Å². The Labute approximate surface area is 200 Å². The van der Waals surface area contributed by atoms with Crippen LogP contribution >= 0.6 is 0 Å². The standard InChI is InChI=1S/C27H33NO6/c1-6-32-20-11-12-21(22(16-20)33-7-2)25(29)23-24(19-10-8-9-18(5)15-19)28(27(31)26(23)30)13-14-34-17(3)4/h8-12,15-17,24,29H,6-7,13-14H2,1-5H3/b25-23-. The zero-order valence-electron chi connectivity index (χ0n) is 20.5. The number of aliphatic hydroxyl groups excluding tert-OH is 1. The van der Waals surface area contributed by atoms with E-state index >= 15 is 0 Å². The first-order valence-corrected chi connectivity index (χ1v) is 11.6. The highest BCUT2D eigenvalue weighted by atomic mass is 16.5. The van der Waals surface area contributed by atoms with Crippen LogP contribution in [-0.4, -0.2) is 54.2 Å². The summed E-state index contributed by atoms with van der Waals surface area (Å²) in [6, 6.07) is 11.9. The molecule has 1 saturated heterocycles. The van der Waals surface area contributed by atoms with Crippen molar-refractivity contribution in [1.29, 1.82) is 0 Å². The van der Waals surface area contributed by atoms with Gasteiger partial charge in [-0.15, -0.1) is 0 Å². The van der Waals surface area contributed by atoms with Gasteiger partial charge in [0.2, 0.25) is 0 Å². The smallest absolute Gasteiger partial charge is 0.295 e. The number of Topliss-reactive ketones (excluding diaryl/α,β-unsaturated/α-hetero) is 1. The van der Waals surface area contributed by atoms with Gasteiger partial charge < -0.3 is 24.2 Å². The fraction of sp³-hybridized carbons (Fsp3) is 0.407. The lowest BCUT2D eigenvalue weighted by molar-refractivity contribution is -0.140. The minimum Gasteiger partial charge on any atom is -0.507 e. The summed E-state index contributed by atoms with van der Waals surface area (Å²) < 4.78 is 16.9. The SMILES string of the molecule is CCOc1ccc(/C(O)=C2/C(=O)C(=O)N(CCOC(C)C)C2c2cccc(C)c2)c(OCC)c1. The van der Waals surface area contributed by atoms with Gasteiger partial charge >= 0.3 is 0 Å². The molecule has 2 aromatic rings. The molecule has 0 bridgehead atoms. The van der Waals surface area contributed by atoms with Gasteiger partial charge in [-0.3, -0.25) is 9.59 Å². The molecule has 0 aromatic heterocycles. The first-order chi connectivity index (χ1) is 16.3. The number of carbonyl (C=O) groups excluding carboxylic acids is 2. The van der Waals surface area contributed by atoms with Crippen molar-refractivity contribution in [2.75, 3.05) is 26.4 Å². The number of rotatable bonds is 10. The maximum absolute atomic E-state index is 13.2. The summed E-state index contributed by atoms with van der Waals surface area (Å²) >= 11 is 0. The fourth-order valence-corrected chi connectivity index (χ4v) is 4.06. The zero-order valence-corrected chi connectivity index (χ0v) is 20.5. The molecule has 34 heavy (non-hydrogen) atoms. The third-order valence-electron chi connectivity index (χ3n) is 5.50. The molecule has 7 heteroatoms. The molecule has 1 aliphatic rings. The maximum atomic E-state index is 13.2. The molecular formula is C27H33NO6. The molecule has 1 unspecified atom stereocenters. The Morgan fingerprint density at radius 1 is 1.06 bits per heavy atom. The van der Waals surface area contributed by atoms with Crippen molar-refractivity contribution in [3.63, 3.8) is 0 Å². The maximum Gasteiger partial charge on any atom is 0.295 e. The van der Waals surface area contributed by atoms with E-state index in [0.717, 1.165) is 11.1 Å². The van der Waals surface area contributed by atoms with Crippen molar-refractivity contribution in [3.8, 4) is 11.5 Å². The van der Waals surface area contributed by atoms with E-state index in [1.54, 1.807) is 18.2 Å². The van der Waals surface area contributed by atoms with Gasteiger partial charge in [-0.2, -0.15) is 0 Å². The van der Waals surface area contributed by atoms with Crippen molar-refractivity contribution >= 4 is 17.4 Å². The van der Waals surface area contributed by atoms with E-state index in [0.29, 0.717) is 30.3 Å². The Morgan fingerprint density at radius 3 is 2.44 bits per heavy atom. The Bertz CT molecular complexity index is 1070. The van der Waals surface area contributed by atoms with Crippen LogP contribution < -0.4 is 9.47 Å². The number of amides is 1. The average Bonchev–Trinajstić information content (AvgIpc) is 3.04. The van der Waals surface area contributed by atoms with E-state index in [2.05, 4.69) is 0 Å². The van der Waals surface area contributed by atoms with Crippen LogP contribution in [0.5, 0.6) is 11.5 Å².